The molecule has 0 N–H and O–H groups in total. The Balaban J connectivity index is 4.57. The van der Waals surface area contributed by atoms with E-state index in [-0.39, 0.29) is 0 Å². The Morgan fingerprint density at radius 1 is 1.00 bits per heavy atom. The summed E-state index contributed by atoms with van der Waals surface area (Å²) in [5.41, 5.74) is 0. The molecule has 0 rings (SSSR count). The molecular weight excluding hydrogens is 234 g/mol. The lowest BCUT2D eigenvalue weighted by atomic mass is 9.97. The maximum absolute atomic E-state index is 12.3. The number of unbranched alkanes of at least 4 members (excludes halogenated alkanes) is 1. The van der Waals surface area contributed by atoms with E-state index in [0.29, 0.717) is 24.3 Å². The Hall–Kier alpha value is -0.530. The van der Waals surface area contributed by atoms with E-state index in [0.717, 1.165) is 25.8 Å². The van der Waals surface area contributed by atoms with Crippen LogP contribution in [-0.2, 0) is 4.79 Å². The van der Waals surface area contributed by atoms with Gasteiger partial charge in [-0.2, -0.15) is 0 Å². The van der Waals surface area contributed by atoms with E-state index < -0.39 is 0 Å². The third kappa shape index (κ3) is 7.59. The molecule has 0 aromatic carbocycles. The van der Waals surface area contributed by atoms with Crippen molar-refractivity contribution in [3.63, 3.8) is 0 Å². The number of carbonyl (C=O) groups is 1. The number of amides is 1. The summed E-state index contributed by atoms with van der Waals surface area (Å²) in [5.74, 6) is 1.04. The van der Waals surface area contributed by atoms with Crippen molar-refractivity contribution in [1.29, 1.82) is 0 Å². The second kappa shape index (κ2) is 11.3. The van der Waals surface area contributed by atoms with Gasteiger partial charge < -0.3 is 4.90 Å². The molecule has 0 spiro atoms. The quantitative estimate of drug-likeness (QED) is 0.515. The first-order chi connectivity index (χ1) is 9.10. The predicted molar refractivity (Wildman–Crippen MR) is 84.3 cm³/mol. The van der Waals surface area contributed by atoms with Crippen LogP contribution in [0.15, 0.2) is 0 Å². The van der Waals surface area contributed by atoms with Crippen LogP contribution in [0.5, 0.6) is 0 Å². The molecule has 114 valence electrons. The van der Waals surface area contributed by atoms with Crippen molar-refractivity contribution < 1.29 is 4.79 Å². The van der Waals surface area contributed by atoms with E-state index in [1.54, 1.807) is 0 Å². The number of hydrogen-bond acceptors (Lipinski definition) is 1. The standard InChI is InChI=1S/C17H35NO/c1-6-10-13-16(9-4)14-18(15(5)11-7-2)17(19)12-8-3/h15-16H,6-14H2,1-5H3. The van der Waals surface area contributed by atoms with Gasteiger partial charge in [0.05, 0.1) is 0 Å². The summed E-state index contributed by atoms with van der Waals surface area (Å²) >= 11 is 0. The smallest absolute Gasteiger partial charge is 0.222 e. The van der Waals surface area contributed by atoms with Crippen molar-refractivity contribution in [2.75, 3.05) is 6.54 Å². The maximum atomic E-state index is 12.3. The minimum atomic E-state index is 0.360. The van der Waals surface area contributed by atoms with Crippen molar-refractivity contribution in [2.45, 2.75) is 92.0 Å². The van der Waals surface area contributed by atoms with E-state index in [9.17, 15) is 4.79 Å². The zero-order chi connectivity index (χ0) is 14.7. The Morgan fingerprint density at radius 2 is 1.68 bits per heavy atom. The Bertz CT molecular complexity index is 227. The summed E-state index contributed by atoms with van der Waals surface area (Å²) in [4.78, 5) is 14.5. The third-order valence-electron chi connectivity index (χ3n) is 4.02. The van der Waals surface area contributed by atoms with Gasteiger partial charge in [-0.05, 0) is 32.1 Å². The van der Waals surface area contributed by atoms with Crippen LogP contribution in [-0.4, -0.2) is 23.4 Å². The van der Waals surface area contributed by atoms with Gasteiger partial charge in [0.2, 0.25) is 5.91 Å². The molecule has 0 saturated heterocycles. The van der Waals surface area contributed by atoms with Crippen molar-refractivity contribution in [3.8, 4) is 0 Å². The summed E-state index contributed by atoms with van der Waals surface area (Å²) < 4.78 is 0. The fourth-order valence-electron chi connectivity index (χ4n) is 2.65. The molecule has 0 aliphatic heterocycles. The van der Waals surface area contributed by atoms with Gasteiger partial charge in [0.25, 0.3) is 0 Å². The monoisotopic (exact) mass is 269 g/mol. The summed E-state index contributed by atoms with van der Waals surface area (Å²) in [5, 5.41) is 0. The summed E-state index contributed by atoms with van der Waals surface area (Å²) in [7, 11) is 0. The molecule has 1 amide bonds. The van der Waals surface area contributed by atoms with Crippen LogP contribution < -0.4 is 0 Å². The van der Waals surface area contributed by atoms with Crippen LogP contribution in [0, 0.1) is 5.92 Å². The van der Waals surface area contributed by atoms with Crippen LogP contribution in [0.3, 0.4) is 0 Å². The molecule has 0 saturated carbocycles. The molecule has 0 radical (unpaired) electrons. The second-order valence-corrected chi connectivity index (χ2v) is 5.85. The Morgan fingerprint density at radius 3 is 2.16 bits per heavy atom. The second-order valence-electron chi connectivity index (χ2n) is 5.85. The number of rotatable bonds is 11. The lowest BCUT2D eigenvalue weighted by Crippen LogP contribution is -2.41. The van der Waals surface area contributed by atoms with E-state index in [4.69, 9.17) is 0 Å². The van der Waals surface area contributed by atoms with Gasteiger partial charge in [-0.1, -0.05) is 53.4 Å². The van der Waals surface area contributed by atoms with Gasteiger partial charge in [-0.15, -0.1) is 0 Å². The lowest BCUT2D eigenvalue weighted by molar-refractivity contribution is -0.134. The minimum absolute atomic E-state index is 0.360. The highest BCUT2D eigenvalue weighted by atomic mass is 16.2. The van der Waals surface area contributed by atoms with Gasteiger partial charge in [0.15, 0.2) is 0 Å². The van der Waals surface area contributed by atoms with Crippen LogP contribution in [0.25, 0.3) is 0 Å². The molecular formula is C17H35NO. The van der Waals surface area contributed by atoms with Gasteiger partial charge >= 0.3 is 0 Å². The topological polar surface area (TPSA) is 20.3 Å². The van der Waals surface area contributed by atoms with Crippen molar-refractivity contribution in [1.82, 2.24) is 4.90 Å². The number of carbonyl (C=O) groups excluding carboxylic acids is 1. The molecule has 2 atom stereocenters. The molecule has 0 aromatic heterocycles. The first-order valence-corrected chi connectivity index (χ1v) is 8.39. The Kier molecular flexibility index (Phi) is 11.0. The molecule has 2 heteroatoms. The molecule has 0 aliphatic rings. The SMILES string of the molecule is CCCCC(CC)CN(C(=O)CCC)C(C)CCC. The van der Waals surface area contributed by atoms with E-state index >= 15 is 0 Å². The van der Waals surface area contributed by atoms with E-state index in [2.05, 4.69) is 39.5 Å². The van der Waals surface area contributed by atoms with Gasteiger partial charge in [-0.3, -0.25) is 4.79 Å². The van der Waals surface area contributed by atoms with Gasteiger partial charge in [0, 0.05) is 19.0 Å². The normalized spacial score (nSPS) is 14.2. The zero-order valence-corrected chi connectivity index (χ0v) is 13.9. The lowest BCUT2D eigenvalue weighted by Gasteiger charge is -2.32. The highest BCUT2D eigenvalue weighted by Crippen LogP contribution is 2.18. The molecule has 2 unspecified atom stereocenters. The van der Waals surface area contributed by atoms with E-state index in [1.807, 2.05) is 0 Å². The van der Waals surface area contributed by atoms with Crippen LogP contribution in [0.1, 0.15) is 86.0 Å². The minimum Gasteiger partial charge on any atom is -0.340 e. The average molecular weight is 269 g/mol. The van der Waals surface area contributed by atoms with Crippen LogP contribution >= 0.6 is 0 Å². The summed E-state index contributed by atoms with van der Waals surface area (Å²) in [6.07, 6.45) is 8.94. The fraction of sp³-hybridized carbons (Fsp3) is 0.941. The predicted octanol–water partition coefficient (Wildman–Crippen LogP) is 5.02. The van der Waals surface area contributed by atoms with E-state index in [1.165, 1.54) is 25.7 Å². The molecule has 0 aromatic rings. The third-order valence-corrected chi connectivity index (χ3v) is 4.02. The van der Waals surface area contributed by atoms with Crippen LogP contribution in [0.4, 0.5) is 0 Å². The summed E-state index contributed by atoms with van der Waals surface area (Å²) in [6.45, 7) is 12.0. The molecule has 0 fully saturated rings. The first kappa shape index (κ1) is 18.5. The molecule has 0 heterocycles. The highest BCUT2D eigenvalue weighted by Gasteiger charge is 2.21. The maximum Gasteiger partial charge on any atom is 0.222 e. The molecule has 0 aliphatic carbocycles. The zero-order valence-electron chi connectivity index (χ0n) is 13.9. The van der Waals surface area contributed by atoms with Crippen molar-refractivity contribution >= 4 is 5.91 Å². The van der Waals surface area contributed by atoms with Gasteiger partial charge in [0.1, 0.15) is 0 Å². The molecule has 2 nitrogen and oxygen atoms in total. The molecule has 0 bridgehead atoms. The van der Waals surface area contributed by atoms with Crippen LogP contribution in [0.2, 0.25) is 0 Å². The van der Waals surface area contributed by atoms with Gasteiger partial charge in [-0.25, -0.2) is 0 Å². The number of nitrogens with zero attached hydrogens (tertiary/aromatic N) is 1. The largest absolute Gasteiger partial charge is 0.340 e. The van der Waals surface area contributed by atoms with Crippen molar-refractivity contribution in [2.24, 2.45) is 5.92 Å². The number of hydrogen-bond donors (Lipinski definition) is 0. The Labute approximate surface area is 120 Å². The molecule has 19 heavy (non-hydrogen) atoms. The summed E-state index contributed by atoms with van der Waals surface area (Å²) in [6, 6.07) is 0.403. The fourth-order valence-corrected chi connectivity index (χ4v) is 2.65. The average Bonchev–Trinajstić information content (AvgIpc) is 2.39. The first-order valence-electron chi connectivity index (χ1n) is 8.39. The van der Waals surface area contributed by atoms with Crippen molar-refractivity contribution in [3.05, 3.63) is 0 Å². The highest BCUT2D eigenvalue weighted by molar-refractivity contribution is 5.76.